The molecule has 0 aliphatic carbocycles. The summed E-state index contributed by atoms with van der Waals surface area (Å²) in [5.41, 5.74) is 1.93. The molecule has 154 valence electrons. The zero-order chi connectivity index (χ0) is 19.9. The third kappa shape index (κ3) is 5.36. The number of benzene rings is 1. The maximum absolute atomic E-state index is 12.9. The van der Waals surface area contributed by atoms with E-state index in [9.17, 15) is 9.59 Å². The molecule has 2 aliphatic heterocycles. The van der Waals surface area contributed by atoms with Gasteiger partial charge in [0.05, 0.1) is 25.0 Å². The fourth-order valence-corrected chi connectivity index (χ4v) is 3.68. The first-order valence-corrected chi connectivity index (χ1v) is 9.94. The Morgan fingerprint density at radius 2 is 1.75 bits per heavy atom. The molecule has 2 heterocycles. The van der Waals surface area contributed by atoms with Crippen molar-refractivity contribution in [3.8, 4) is 0 Å². The first-order chi connectivity index (χ1) is 13.6. The van der Waals surface area contributed by atoms with Gasteiger partial charge in [-0.3, -0.25) is 9.69 Å². The molecular formula is C20H31N5O3. The molecular weight excluding hydrogens is 358 g/mol. The van der Waals surface area contributed by atoms with Gasteiger partial charge in [0.15, 0.2) is 0 Å². The minimum Gasteiger partial charge on any atom is -0.468 e. The normalized spacial score (nSPS) is 19.2. The van der Waals surface area contributed by atoms with Crippen LogP contribution in [0.2, 0.25) is 0 Å². The summed E-state index contributed by atoms with van der Waals surface area (Å²) in [7, 11) is 3.53. The Labute approximate surface area is 167 Å². The van der Waals surface area contributed by atoms with Crippen LogP contribution in [0.5, 0.6) is 0 Å². The molecule has 3 rings (SSSR count). The average Bonchev–Trinajstić information content (AvgIpc) is 2.94. The number of anilines is 2. The van der Waals surface area contributed by atoms with E-state index < -0.39 is 0 Å². The summed E-state index contributed by atoms with van der Waals surface area (Å²) < 4.78 is 4.74. The Morgan fingerprint density at radius 1 is 1.00 bits per heavy atom. The van der Waals surface area contributed by atoms with Gasteiger partial charge >= 0.3 is 12.0 Å². The lowest BCUT2D eigenvalue weighted by molar-refractivity contribution is -0.141. The molecule has 28 heavy (non-hydrogen) atoms. The lowest BCUT2D eigenvalue weighted by Crippen LogP contribution is -2.45. The summed E-state index contributed by atoms with van der Waals surface area (Å²) in [6, 6.07) is 7.92. The Morgan fingerprint density at radius 3 is 2.50 bits per heavy atom. The number of methoxy groups -OCH3 is 1. The quantitative estimate of drug-likeness (QED) is 0.780. The monoisotopic (exact) mass is 389 g/mol. The number of nitrogens with one attached hydrogen (secondary N) is 1. The van der Waals surface area contributed by atoms with Crippen molar-refractivity contribution in [2.24, 2.45) is 0 Å². The predicted molar refractivity (Wildman–Crippen MR) is 110 cm³/mol. The number of ether oxygens (including phenoxy) is 1. The van der Waals surface area contributed by atoms with Crippen LogP contribution in [-0.4, -0.2) is 99.8 Å². The van der Waals surface area contributed by atoms with Crippen LogP contribution in [0.4, 0.5) is 16.2 Å². The lowest BCUT2D eigenvalue weighted by atomic mass is 10.2. The van der Waals surface area contributed by atoms with E-state index in [-0.39, 0.29) is 18.5 Å². The van der Waals surface area contributed by atoms with Gasteiger partial charge in [-0.15, -0.1) is 0 Å². The second-order valence-electron chi connectivity index (χ2n) is 7.43. The fourth-order valence-electron chi connectivity index (χ4n) is 3.68. The Balaban J connectivity index is 1.60. The van der Waals surface area contributed by atoms with Crippen molar-refractivity contribution in [2.45, 2.75) is 6.42 Å². The fraction of sp³-hybridized carbons (Fsp3) is 0.600. The number of para-hydroxylation sites is 2. The highest BCUT2D eigenvalue weighted by Crippen LogP contribution is 2.27. The highest BCUT2D eigenvalue weighted by atomic mass is 16.5. The van der Waals surface area contributed by atoms with Crippen LogP contribution in [0.3, 0.4) is 0 Å². The smallest absolute Gasteiger partial charge is 0.321 e. The van der Waals surface area contributed by atoms with Crippen LogP contribution >= 0.6 is 0 Å². The molecule has 0 unspecified atom stereocenters. The number of rotatable bonds is 4. The predicted octanol–water partition coefficient (Wildman–Crippen LogP) is 1.15. The number of carbonyl (C=O) groups excluding carboxylic acids is 2. The van der Waals surface area contributed by atoms with E-state index in [2.05, 4.69) is 28.2 Å². The number of nitrogens with zero attached hydrogens (tertiary/aromatic N) is 4. The second-order valence-corrected chi connectivity index (χ2v) is 7.43. The van der Waals surface area contributed by atoms with Crippen LogP contribution in [0.25, 0.3) is 0 Å². The third-order valence-corrected chi connectivity index (χ3v) is 5.45. The molecule has 1 aromatic rings. The highest BCUT2D eigenvalue weighted by molar-refractivity contribution is 5.93. The van der Waals surface area contributed by atoms with Crippen LogP contribution in [0, 0.1) is 0 Å². The van der Waals surface area contributed by atoms with Crippen LogP contribution < -0.4 is 10.2 Å². The Bertz CT molecular complexity index is 676. The van der Waals surface area contributed by atoms with Gasteiger partial charge in [0.2, 0.25) is 0 Å². The van der Waals surface area contributed by atoms with E-state index in [0.717, 1.165) is 50.5 Å². The van der Waals surface area contributed by atoms with E-state index in [1.807, 2.05) is 28.0 Å². The minimum atomic E-state index is -0.237. The van der Waals surface area contributed by atoms with Gasteiger partial charge in [0.25, 0.3) is 0 Å². The first kappa shape index (κ1) is 20.4. The number of hydrogen-bond acceptors (Lipinski definition) is 6. The molecule has 0 saturated carbocycles. The minimum absolute atomic E-state index is 0.0819. The summed E-state index contributed by atoms with van der Waals surface area (Å²) in [4.78, 5) is 32.9. The molecule has 0 atom stereocenters. The maximum atomic E-state index is 12.9. The zero-order valence-electron chi connectivity index (χ0n) is 16.9. The lowest BCUT2D eigenvalue weighted by Gasteiger charge is -2.35. The van der Waals surface area contributed by atoms with Gasteiger partial charge in [-0.2, -0.15) is 0 Å². The van der Waals surface area contributed by atoms with Gasteiger partial charge in [-0.05, 0) is 25.6 Å². The van der Waals surface area contributed by atoms with Crippen molar-refractivity contribution in [1.29, 1.82) is 0 Å². The Hall–Kier alpha value is -2.32. The average molecular weight is 390 g/mol. The standard InChI is InChI=1S/C20H31N5O3/c1-22-10-13-24(14-11-22)18-7-4-3-6-17(18)21-20(27)25-9-5-8-23(12-15-25)16-19(26)28-2/h3-4,6-7H,5,8-16H2,1-2H3,(H,21,27). The highest BCUT2D eigenvalue weighted by Gasteiger charge is 2.22. The second kappa shape index (κ2) is 9.75. The van der Waals surface area contributed by atoms with Crippen LogP contribution in [-0.2, 0) is 9.53 Å². The third-order valence-electron chi connectivity index (χ3n) is 5.45. The van der Waals surface area contributed by atoms with Crippen molar-refractivity contribution in [1.82, 2.24) is 14.7 Å². The van der Waals surface area contributed by atoms with Gasteiger partial charge in [-0.25, -0.2) is 4.79 Å². The molecule has 1 N–H and O–H groups in total. The molecule has 2 saturated heterocycles. The summed E-state index contributed by atoms with van der Waals surface area (Å²) in [6.45, 7) is 6.96. The van der Waals surface area contributed by atoms with Gasteiger partial charge < -0.3 is 24.8 Å². The molecule has 0 radical (unpaired) electrons. The summed E-state index contributed by atoms with van der Waals surface area (Å²) in [5, 5.41) is 3.10. The molecule has 8 nitrogen and oxygen atoms in total. The van der Waals surface area contributed by atoms with Gasteiger partial charge in [-0.1, -0.05) is 12.1 Å². The van der Waals surface area contributed by atoms with Crippen molar-refractivity contribution < 1.29 is 14.3 Å². The number of amides is 2. The molecule has 8 heteroatoms. The number of carbonyl (C=O) groups is 2. The van der Waals surface area contributed by atoms with Crippen LogP contribution in [0.15, 0.2) is 24.3 Å². The molecule has 2 amide bonds. The van der Waals surface area contributed by atoms with Gasteiger partial charge in [0.1, 0.15) is 0 Å². The molecule has 0 bridgehead atoms. The SMILES string of the molecule is COC(=O)CN1CCCN(C(=O)Nc2ccccc2N2CCN(C)CC2)CC1. The summed E-state index contributed by atoms with van der Waals surface area (Å²) >= 11 is 0. The number of esters is 1. The van der Waals surface area contributed by atoms with Gasteiger partial charge in [0, 0.05) is 52.4 Å². The largest absolute Gasteiger partial charge is 0.468 e. The number of piperazine rings is 1. The van der Waals surface area contributed by atoms with E-state index in [1.54, 1.807) is 0 Å². The van der Waals surface area contributed by atoms with Crippen molar-refractivity contribution in [2.75, 3.05) is 83.3 Å². The van der Waals surface area contributed by atoms with E-state index in [4.69, 9.17) is 4.74 Å². The van der Waals surface area contributed by atoms with E-state index >= 15 is 0 Å². The number of hydrogen-bond donors (Lipinski definition) is 1. The maximum Gasteiger partial charge on any atom is 0.321 e. The molecule has 0 spiro atoms. The van der Waals surface area contributed by atoms with E-state index in [1.165, 1.54) is 7.11 Å². The summed E-state index contributed by atoms with van der Waals surface area (Å²) in [6.07, 6.45) is 0.838. The molecule has 2 aliphatic rings. The number of urea groups is 1. The van der Waals surface area contributed by atoms with Crippen molar-refractivity contribution in [3.63, 3.8) is 0 Å². The van der Waals surface area contributed by atoms with Crippen LogP contribution in [0.1, 0.15) is 6.42 Å². The molecule has 2 fully saturated rings. The van der Waals surface area contributed by atoms with Crippen molar-refractivity contribution in [3.05, 3.63) is 24.3 Å². The Kier molecular flexibility index (Phi) is 7.11. The molecule has 0 aromatic heterocycles. The molecule has 1 aromatic carbocycles. The first-order valence-electron chi connectivity index (χ1n) is 9.94. The topological polar surface area (TPSA) is 68.4 Å². The number of likely N-dealkylation sites (N-methyl/N-ethyl adjacent to an activating group) is 1. The summed E-state index contributed by atoms with van der Waals surface area (Å²) in [5.74, 6) is -0.237. The van der Waals surface area contributed by atoms with E-state index in [0.29, 0.717) is 19.6 Å². The zero-order valence-corrected chi connectivity index (χ0v) is 16.9. The van der Waals surface area contributed by atoms with Crippen molar-refractivity contribution >= 4 is 23.4 Å².